The van der Waals surface area contributed by atoms with E-state index in [0.29, 0.717) is 48.8 Å². The van der Waals surface area contributed by atoms with Gasteiger partial charge in [-0.1, -0.05) is 57.2 Å². The number of nitrogens with one attached hydrogen (secondary N) is 2. The third kappa shape index (κ3) is 6.51. The molecule has 0 saturated carbocycles. The summed E-state index contributed by atoms with van der Waals surface area (Å²) in [7, 11) is 1.64. The van der Waals surface area contributed by atoms with Gasteiger partial charge >= 0.3 is 6.09 Å². The Hall–Kier alpha value is -5.38. The highest BCUT2D eigenvalue weighted by Crippen LogP contribution is 2.35. The van der Waals surface area contributed by atoms with Crippen molar-refractivity contribution < 1.29 is 19.4 Å². The molecule has 1 aliphatic rings. The van der Waals surface area contributed by atoms with Gasteiger partial charge in [-0.25, -0.2) is 14.5 Å². The summed E-state index contributed by atoms with van der Waals surface area (Å²) >= 11 is 0. The SMILES string of the molecule is COc1ccc(Cn2nc(N[C@@H]3CCN(C(=O)O)C3)c3c(-c4cccc(NC(=O)c5ccc(C(C)(C)C)cc5)c4)ccnc32)cc1. The molecule has 46 heavy (non-hydrogen) atoms. The van der Waals surface area contributed by atoms with Crippen molar-refractivity contribution in [1.29, 1.82) is 0 Å². The van der Waals surface area contributed by atoms with Crippen LogP contribution >= 0.6 is 0 Å². The van der Waals surface area contributed by atoms with Gasteiger partial charge < -0.3 is 25.4 Å². The Morgan fingerprint density at radius 3 is 2.46 bits per heavy atom. The predicted octanol–water partition coefficient (Wildman–Crippen LogP) is 6.87. The van der Waals surface area contributed by atoms with Gasteiger partial charge in [0.05, 0.1) is 19.0 Å². The number of carbonyl (C=O) groups excluding carboxylic acids is 1. The van der Waals surface area contributed by atoms with Gasteiger partial charge in [0.25, 0.3) is 5.91 Å². The first kappa shape index (κ1) is 30.6. The van der Waals surface area contributed by atoms with Crippen molar-refractivity contribution in [2.75, 3.05) is 30.8 Å². The van der Waals surface area contributed by atoms with Crippen LogP contribution in [0.25, 0.3) is 22.2 Å². The topological polar surface area (TPSA) is 122 Å². The number of rotatable bonds is 8. The van der Waals surface area contributed by atoms with Crippen molar-refractivity contribution in [3.63, 3.8) is 0 Å². The highest BCUT2D eigenvalue weighted by molar-refractivity contribution is 6.05. The highest BCUT2D eigenvalue weighted by atomic mass is 16.5. The molecule has 2 aromatic heterocycles. The third-order valence-corrected chi connectivity index (χ3v) is 8.37. The fourth-order valence-corrected chi connectivity index (χ4v) is 5.79. The maximum absolute atomic E-state index is 13.2. The molecule has 5 aromatic rings. The van der Waals surface area contributed by atoms with Crippen LogP contribution in [0.4, 0.5) is 16.3 Å². The van der Waals surface area contributed by atoms with Crippen LogP contribution in [-0.2, 0) is 12.0 Å². The first-order valence-electron chi connectivity index (χ1n) is 15.3. The van der Waals surface area contributed by atoms with Crippen LogP contribution in [0.2, 0.25) is 0 Å². The van der Waals surface area contributed by atoms with Crippen LogP contribution in [0.1, 0.15) is 48.7 Å². The summed E-state index contributed by atoms with van der Waals surface area (Å²) in [6, 6.07) is 25.1. The molecule has 3 N–H and O–H groups in total. The zero-order chi connectivity index (χ0) is 32.4. The van der Waals surface area contributed by atoms with E-state index in [1.165, 1.54) is 4.90 Å². The lowest BCUT2D eigenvalue weighted by atomic mass is 9.87. The summed E-state index contributed by atoms with van der Waals surface area (Å²) in [5, 5.41) is 21.9. The molecule has 0 unspecified atom stereocenters. The molecule has 3 heterocycles. The second-order valence-corrected chi connectivity index (χ2v) is 12.6. The van der Waals surface area contributed by atoms with Crippen LogP contribution < -0.4 is 15.4 Å². The van der Waals surface area contributed by atoms with Crippen molar-refractivity contribution in [3.8, 4) is 16.9 Å². The molecule has 3 aromatic carbocycles. The number of methoxy groups -OCH3 is 1. The molecule has 10 heteroatoms. The minimum Gasteiger partial charge on any atom is -0.497 e. The van der Waals surface area contributed by atoms with Crippen LogP contribution in [0, 0.1) is 0 Å². The van der Waals surface area contributed by atoms with Crippen LogP contribution in [0.5, 0.6) is 5.75 Å². The molecule has 10 nitrogen and oxygen atoms in total. The summed E-state index contributed by atoms with van der Waals surface area (Å²) in [6.45, 7) is 7.75. The normalized spacial score (nSPS) is 14.8. The summed E-state index contributed by atoms with van der Waals surface area (Å²) in [5.74, 6) is 1.23. The Bertz CT molecular complexity index is 1880. The second-order valence-electron chi connectivity index (χ2n) is 12.6. The van der Waals surface area contributed by atoms with E-state index < -0.39 is 6.09 Å². The number of benzene rings is 3. The maximum Gasteiger partial charge on any atom is 0.407 e. The monoisotopic (exact) mass is 618 g/mol. The lowest BCUT2D eigenvalue weighted by Gasteiger charge is -2.19. The third-order valence-electron chi connectivity index (χ3n) is 8.37. The summed E-state index contributed by atoms with van der Waals surface area (Å²) in [4.78, 5) is 30.9. The zero-order valence-electron chi connectivity index (χ0n) is 26.4. The molecule has 0 aliphatic carbocycles. The largest absolute Gasteiger partial charge is 0.497 e. The molecule has 1 fully saturated rings. The Kier molecular flexibility index (Phi) is 8.36. The summed E-state index contributed by atoms with van der Waals surface area (Å²) < 4.78 is 7.18. The number of aromatic nitrogens is 3. The fourth-order valence-electron chi connectivity index (χ4n) is 5.79. The van der Waals surface area contributed by atoms with Crippen molar-refractivity contribution >= 4 is 34.5 Å². The molecular weight excluding hydrogens is 580 g/mol. The standard InChI is InChI=1S/C36H38N6O4/c1-36(2,3)26-12-10-24(11-13-26)34(43)39-27-7-5-6-25(20-27)30-16-18-37-33-31(30)32(38-28-17-19-41(22-28)35(44)45)40-42(33)21-23-8-14-29(46-4)15-9-23/h5-16,18,20,28H,17,19,21-22H2,1-4H3,(H,38,40)(H,39,43)(H,44,45)/t28-/m1/s1. The Labute approximate surface area is 268 Å². The lowest BCUT2D eigenvalue weighted by molar-refractivity contribution is 0.102. The molecule has 0 bridgehead atoms. The number of ether oxygens (including phenoxy) is 1. The second kappa shape index (κ2) is 12.5. The minimum absolute atomic E-state index is 0.00276. The number of fused-ring (bicyclic) bond motifs is 1. The van der Waals surface area contributed by atoms with E-state index in [-0.39, 0.29) is 17.4 Å². The van der Waals surface area contributed by atoms with Gasteiger partial charge in [0.2, 0.25) is 0 Å². The van der Waals surface area contributed by atoms with E-state index in [1.54, 1.807) is 13.3 Å². The van der Waals surface area contributed by atoms with Gasteiger partial charge in [-0.2, -0.15) is 5.10 Å². The van der Waals surface area contributed by atoms with E-state index in [0.717, 1.165) is 33.4 Å². The van der Waals surface area contributed by atoms with Crippen molar-refractivity contribution in [2.24, 2.45) is 0 Å². The zero-order valence-corrected chi connectivity index (χ0v) is 26.4. The van der Waals surface area contributed by atoms with E-state index >= 15 is 0 Å². The van der Waals surface area contributed by atoms with Crippen LogP contribution in [-0.4, -0.2) is 63.0 Å². The lowest BCUT2D eigenvalue weighted by Crippen LogP contribution is -2.30. The van der Waals surface area contributed by atoms with Crippen molar-refractivity contribution in [2.45, 2.75) is 45.2 Å². The quantitative estimate of drug-likeness (QED) is 0.174. The number of likely N-dealkylation sites (tertiary alicyclic amines) is 1. The molecule has 6 rings (SSSR count). The molecule has 1 atom stereocenters. The Balaban J connectivity index is 1.33. The van der Waals surface area contributed by atoms with Gasteiger partial charge in [-0.05, 0) is 76.6 Å². The van der Waals surface area contributed by atoms with Crippen LogP contribution in [0.15, 0.2) is 85.1 Å². The number of anilines is 2. The minimum atomic E-state index is -0.925. The smallest absolute Gasteiger partial charge is 0.407 e. The summed E-state index contributed by atoms with van der Waals surface area (Å²) in [6.07, 6.45) is 1.51. The van der Waals surface area contributed by atoms with Gasteiger partial charge in [0.15, 0.2) is 11.5 Å². The van der Waals surface area contributed by atoms with Gasteiger partial charge in [-0.15, -0.1) is 0 Å². The first-order chi connectivity index (χ1) is 22.1. The number of nitrogens with zero attached hydrogens (tertiary/aromatic N) is 4. The van der Waals surface area contributed by atoms with E-state index in [2.05, 4.69) is 31.4 Å². The fraction of sp³-hybridized carbons (Fsp3) is 0.278. The van der Waals surface area contributed by atoms with Crippen LogP contribution in [0.3, 0.4) is 0 Å². The number of pyridine rings is 1. The molecule has 1 aliphatic heterocycles. The Morgan fingerprint density at radius 1 is 1.02 bits per heavy atom. The molecule has 0 radical (unpaired) electrons. The average molecular weight is 619 g/mol. The molecular formula is C36H38N6O4. The van der Waals surface area contributed by atoms with E-state index in [4.69, 9.17) is 14.8 Å². The predicted molar refractivity (Wildman–Crippen MR) is 180 cm³/mol. The van der Waals surface area contributed by atoms with Crippen molar-refractivity contribution in [3.05, 3.63) is 102 Å². The van der Waals surface area contributed by atoms with E-state index in [1.807, 2.05) is 83.5 Å². The number of hydrogen-bond acceptors (Lipinski definition) is 6. The van der Waals surface area contributed by atoms with E-state index in [9.17, 15) is 14.7 Å². The molecule has 0 spiro atoms. The number of hydrogen-bond donors (Lipinski definition) is 3. The molecule has 2 amide bonds. The summed E-state index contributed by atoms with van der Waals surface area (Å²) in [5.41, 5.74) is 5.93. The highest BCUT2D eigenvalue weighted by Gasteiger charge is 2.28. The van der Waals surface area contributed by atoms with Gasteiger partial charge in [0, 0.05) is 36.6 Å². The number of amides is 2. The molecule has 236 valence electrons. The van der Waals surface area contributed by atoms with Gasteiger partial charge in [0.1, 0.15) is 5.75 Å². The Morgan fingerprint density at radius 2 is 1.78 bits per heavy atom. The maximum atomic E-state index is 13.2. The van der Waals surface area contributed by atoms with Crippen molar-refractivity contribution in [1.82, 2.24) is 19.7 Å². The number of carbonyl (C=O) groups is 2. The molecule has 1 saturated heterocycles. The first-order valence-corrected chi connectivity index (χ1v) is 15.3. The average Bonchev–Trinajstić information content (AvgIpc) is 3.66. The van der Waals surface area contributed by atoms with Gasteiger partial charge in [-0.3, -0.25) is 4.79 Å². The number of carboxylic acid groups (broad SMARTS) is 1.